The van der Waals surface area contributed by atoms with Gasteiger partial charge in [-0.1, -0.05) is 23.8 Å². The van der Waals surface area contributed by atoms with Crippen molar-refractivity contribution >= 4 is 11.8 Å². The van der Waals surface area contributed by atoms with Crippen LogP contribution in [0.5, 0.6) is 0 Å². The molecule has 0 heterocycles. The molecule has 0 aromatic heterocycles. The molecule has 0 atom stereocenters. The number of aryl methyl sites for hydroxylation is 1. The highest BCUT2D eigenvalue weighted by molar-refractivity contribution is 5.86. The van der Waals surface area contributed by atoms with Gasteiger partial charge >= 0.3 is 6.09 Å². The fourth-order valence-corrected chi connectivity index (χ4v) is 1.15. The molecule has 0 aliphatic carbocycles. The second-order valence-electron chi connectivity index (χ2n) is 3.02. The van der Waals surface area contributed by atoms with E-state index in [1.165, 1.54) is 4.90 Å². The van der Waals surface area contributed by atoms with Gasteiger partial charge in [-0.15, -0.1) is 6.58 Å². The third-order valence-electron chi connectivity index (χ3n) is 1.89. The number of carboxylic acid groups (broad SMARTS) is 1. The normalized spacial score (nSPS) is 9.50. The Morgan fingerprint density at radius 2 is 2.07 bits per heavy atom. The molecule has 1 N–H and O–H groups in total. The van der Waals surface area contributed by atoms with Crippen LogP contribution in [0.4, 0.5) is 10.5 Å². The van der Waals surface area contributed by atoms with Gasteiger partial charge in [0.2, 0.25) is 0 Å². The van der Waals surface area contributed by atoms with Gasteiger partial charge in [-0.3, -0.25) is 4.90 Å². The second kappa shape index (κ2) is 4.46. The van der Waals surface area contributed by atoms with Gasteiger partial charge in [-0.05, 0) is 19.1 Å². The van der Waals surface area contributed by atoms with Gasteiger partial charge in [0.15, 0.2) is 0 Å². The monoisotopic (exact) mass is 191 g/mol. The number of benzene rings is 1. The molecule has 1 amide bonds. The highest BCUT2D eigenvalue weighted by Gasteiger charge is 2.11. The van der Waals surface area contributed by atoms with Crippen molar-refractivity contribution < 1.29 is 9.90 Å². The van der Waals surface area contributed by atoms with E-state index < -0.39 is 6.09 Å². The minimum absolute atomic E-state index is 0.304. The first kappa shape index (κ1) is 10.3. The van der Waals surface area contributed by atoms with Crippen molar-refractivity contribution in [3.8, 4) is 0 Å². The molecule has 1 aromatic carbocycles. The van der Waals surface area contributed by atoms with E-state index in [0.717, 1.165) is 5.56 Å². The largest absolute Gasteiger partial charge is 0.465 e. The molecular formula is C11H13NO2. The van der Waals surface area contributed by atoms with Crippen LogP contribution in [0.15, 0.2) is 36.9 Å². The summed E-state index contributed by atoms with van der Waals surface area (Å²) in [5.41, 5.74) is 1.78. The van der Waals surface area contributed by atoms with Crippen molar-refractivity contribution in [2.45, 2.75) is 6.92 Å². The molecule has 0 bridgehead atoms. The predicted octanol–water partition coefficient (Wildman–Crippen LogP) is 2.67. The maximum atomic E-state index is 10.9. The van der Waals surface area contributed by atoms with Crippen LogP contribution in [0.3, 0.4) is 0 Å². The summed E-state index contributed by atoms with van der Waals surface area (Å²) in [5, 5.41) is 8.91. The smallest absolute Gasteiger partial charge is 0.412 e. The first-order valence-corrected chi connectivity index (χ1v) is 4.33. The summed E-state index contributed by atoms with van der Waals surface area (Å²) in [6, 6.07) is 7.34. The molecule has 0 radical (unpaired) electrons. The molecule has 14 heavy (non-hydrogen) atoms. The SMILES string of the molecule is C=CCN(C(=O)O)c1ccc(C)cc1. The van der Waals surface area contributed by atoms with Crippen LogP contribution < -0.4 is 4.90 Å². The van der Waals surface area contributed by atoms with Crippen LogP contribution in [0.25, 0.3) is 0 Å². The van der Waals surface area contributed by atoms with Gasteiger partial charge in [0, 0.05) is 12.2 Å². The highest BCUT2D eigenvalue weighted by atomic mass is 16.4. The van der Waals surface area contributed by atoms with E-state index in [-0.39, 0.29) is 0 Å². The fourth-order valence-electron chi connectivity index (χ4n) is 1.15. The van der Waals surface area contributed by atoms with Gasteiger partial charge in [-0.2, -0.15) is 0 Å². The lowest BCUT2D eigenvalue weighted by Gasteiger charge is -2.17. The Balaban J connectivity index is 2.93. The van der Waals surface area contributed by atoms with Gasteiger partial charge in [0.25, 0.3) is 0 Å². The van der Waals surface area contributed by atoms with Gasteiger partial charge in [-0.25, -0.2) is 4.79 Å². The maximum absolute atomic E-state index is 10.9. The third-order valence-corrected chi connectivity index (χ3v) is 1.89. The number of anilines is 1. The molecular weight excluding hydrogens is 178 g/mol. The zero-order chi connectivity index (χ0) is 10.6. The average molecular weight is 191 g/mol. The van der Waals surface area contributed by atoms with Crippen LogP contribution in [-0.4, -0.2) is 17.7 Å². The molecule has 0 aliphatic heterocycles. The number of carbonyl (C=O) groups is 1. The first-order valence-electron chi connectivity index (χ1n) is 4.33. The predicted molar refractivity (Wildman–Crippen MR) is 56.7 cm³/mol. The standard InChI is InChI=1S/C11H13NO2/c1-3-8-12(11(13)14)10-6-4-9(2)5-7-10/h3-7H,1,8H2,2H3,(H,13,14). The molecule has 0 unspecified atom stereocenters. The molecule has 1 rings (SSSR count). The minimum Gasteiger partial charge on any atom is -0.465 e. The van der Waals surface area contributed by atoms with Crippen LogP contribution in [0.2, 0.25) is 0 Å². The lowest BCUT2D eigenvalue weighted by molar-refractivity contribution is 0.202. The summed E-state index contributed by atoms with van der Waals surface area (Å²) in [6.45, 7) is 5.79. The molecule has 3 nitrogen and oxygen atoms in total. The topological polar surface area (TPSA) is 40.5 Å². The molecule has 0 saturated heterocycles. The molecule has 0 aliphatic rings. The average Bonchev–Trinajstić information content (AvgIpc) is 2.15. The van der Waals surface area contributed by atoms with Crippen molar-refractivity contribution in [1.82, 2.24) is 0 Å². The van der Waals surface area contributed by atoms with Crippen LogP contribution in [0.1, 0.15) is 5.56 Å². The van der Waals surface area contributed by atoms with Crippen LogP contribution >= 0.6 is 0 Å². The second-order valence-corrected chi connectivity index (χ2v) is 3.02. The molecule has 0 fully saturated rings. The summed E-state index contributed by atoms with van der Waals surface area (Å²) < 4.78 is 0. The van der Waals surface area contributed by atoms with Crippen LogP contribution in [0, 0.1) is 6.92 Å². The van der Waals surface area contributed by atoms with Crippen molar-refractivity contribution in [1.29, 1.82) is 0 Å². The number of amides is 1. The van der Waals surface area contributed by atoms with E-state index in [4.69, 9.17) is 5.11 Å². The zero-order valence-electron chi connectivity index (χ0n) is 8.10. The van der Waals surface area contributed by atoms with Gasteiger partial charge in [0.05, 0.1) is 0 Å². The number of rotatable bonds is 3. The number of hydrogen-bond donors (Lipinski definition) is 1. The van der Waals surface area contributed by atoms with E-state index >= 15 is 0 Å². The summed E-state index contributed by atoms with van der Waals surface area (Å²) in [7, 11) is 0. The number of hydrogen-bond acceptors (Lipinski definition) is 1. The molecule has 74 valence electrons. The van der Waals surface area contributed by atoms with Gasteiger partial charge in [0.1, 0.15) is 0 Å². The van der Waals surface area contributed by atoms with E-state index in [1.807, 2.05) is 19.1 Å². The van der Waals surface area contributed by atoms with Crippen molar-refractivity contribution in [3.05, 3.63) is 42.5 Å². The Morgan fingerprint density at radius 1 is 1.50 bits per heavy atom. The zero-order valence-corrected chi connectivity index (χ0v) is 8.10. The van der Waals surface area contributed by atoms with Crippen molar-refractivity contribution in [2.24, 2.45) is 0 Å². The Hall–Kier alpha value is -1.77. The van der Waals surface area contributed by atoms with Crippen molar-refractivity contribution in [2.75, 3.05) is 11.4 Å². The van der Waals surface area contributed by atoms with E-state index in [0.29, 0.717) is 12.2 Å². The van der Waals surface area contributed by atoms with Gasteiger partial charge < -0.3 is 5.11 Å². The van der Waals surface area contributed by atoms with E-state index in [9.17, 15) is 4.79 Å². The maximum Gasteiger partial charge on any atom is 0.412 e. The Bertz CT molecular complexity index is 330. The molecule has 0 spiro atoms. The summed E-state index contributed by atoms with van der Waals surface area (Å²) in [5.74, 6) is 0. The van der Waals surface area contributed by atoms with E-state index in [2.05, 4.69) is 6.58 Å². The Morgan fingerprint density at radius 3 is 2.50 bits per heavy atom. The lowest BCUT2D eigenvalue weighted by Crippen LogP contribution is -2.29. The quantitative estimate of drug-likeness (QED) is 0.746. The van der Waals surface area contributed by atoms with E-state index in [1.54, 1.807) is 18.2 Å². The third kappa shape index (κ3) is 2.36. The molecule has 3 heteroatoms. The van der Waals surface area contributed by atoms with Crippen LogP contribution in [-0.2, 0) is 0 Å². The minimum atomic E-state index is -0.964. The summed E-state index contributed by atoms with van der Waals surface area (Å²) >= 11 is 0. The fraction of sp³-hybridized carbons (Fsp3) is 0.182. The van der Waals surface area contributed by atoms with Crippen molar-refractivity contribution in [3.63, 3.8) is 0 Å². The first-order chi connectivity index (χ1) is 6.65. The Labute approximate surface area is 83.3 Å². The lowest BCUT2D eigenvalue weighted by atomic mass is 10.2. The highest BCUT2D eigenvalue weighted by Crippen LogP contribution is 2.14. The molecule has 0 saturated carbocycles. The Kier molecular flexibility index (Phi) is 3.29. The summed E-state index contributed by atoms with van der Waals surface area (Å²) in [6.07, 6.45) is 0.599. The summed E-state index contributed by atoms with van der Waals surface area (Å²) in [4.78, 5) is 12.1. The number of nitrogens with zero attached hydrogens (tertiary/aromatic N) is 1. The molecule has 1 aromatic rings.